The Morgan fingerprint density at radius 1 is 0.587 bits per heavy atom. The average Bonchev–Trinajstić information content (AvgIpc) is 3.02. The Morgan fingerprint density at radius 3 is 1.37 bits per heavy atom. The van der Waals surface area contributed by atoms with Gasteiger partial charge in [-0.1, -0.05) is 142 Å². The molecule has 12 heteroatoms. The van der Waals surface area contributed by atoms with Crippen molar-refractivity contribution in [3.05, 3.63) is 0 Å². The van der Waals surface area contributed by atoms with E-state index in [1.54, 1.807) is 0 Å². The van der Waals surface area contributed by atoms with E-state index in [1.807, 2.05) is 0 Å². The Kier molecular flexibility index (Phi) is 29.8. The minimum Gasteiger partial charge on any atom is -0.480 e. The van der Waals surface area contributed by atoms with Crippen molar-refractivity contribution in [3.63, 3.8) is 0 Å². The third kappa shape index (κ3) is 29.9. The number of rotatable bonds is 34. The minimum atomic E-state index is -4.70. The predicted molar refractivity (Wildman–Crippen MR) is 180 cm³/mol. The molecule has 0 saturated heterocycles. The summed E-state index contributed by atoms with van der Waals surface area (Å²) < 4.78 is 32.5. The Morgan fingerprint density at radius 2 is 0.957 bits per heavy atom. The molecule has 3 atom stereocenters. The van der Waals surface area contributed by atoms with Gasteiger partial charge in [-0.25, -0.2) is 4.57 Å². The number of hydrogen-bond donors (Lipinski definition) is 3. The molecule has 272 valence electrons. The summed E-state index contributed by atoms with van der Waals surface area (Å²) in [7, 11) is -4.70. The second-order valence-corrected chi connectivity index (χ2v) is 13.8. The van der Waals surface area contributed by atoms with Crippen LogP contribution >= 0.6 is 7.82 Å². The van der Waals surface area contributed by atoms with Crippen LogP contribution in [0, 0.1) is 0 Å². The Bertz CT molecular complexity index is 813. The normalized spacial score (nSPS) is 14.0. The summed E-state index contributed by atoms with van der Waals surface area (Å²) in [6.45, 7) is 2.77. The van der Waals surface area contributed by atoms with E-state index in [4.69, 9.17) is 24.8 Å². The molecular weight excluding hydrogens is 613 g/mol. The molecule has 0 radical (unpaired) electrons. The van der Waals surface area contributed by atoms with E-state index in [-0.39, 0.29) is 19.4 Å². The highest BCUT2D eigenvalue weighted by Gasteiger charge is 2.28. The molecule has 11 nitrogen and oxygen atoms in total. The molecule has 0 aromatic heterocycles. The molecule has 0 amide bonds. The topological polar surface area (TPSA) is 172 Å². The minimum absolute atomic E-state index is 0.168. The maximum Gasteiger partial charge on any atom is 0.472 e. The van der Waals surface area contributed by atoms with Gasteiger partial charge in [0.15, 0.2) is 6.10 Å². The van der Waals surface area contributed by atoms with Crippen molar-refractivity contribution in [2.75, 3.05) is 19.8 Å². The molecule has 0 bridgehead atoms. The molecule has 0 aromatic carbocycles. The van der Waals surface area contributed by atoms with E-state index < -0.39 is 51.1 Å². The molecule has 2 unspecified atom stereocenters. The summed E-state index contributed by atoms with van der Waals surface area (Å²) in [5.74, 6) is -2.37. The SMILES string of the molecule is CCCCCCCCCCCCCC(=O)OCC(COP(=O)(O)OC[C@@H](N)C(=O)O)OC(=O)CCCCCCCCCCCCC. The van der Waals surface area contributed by atoms with Gasteiger partial charge in [-0.3, -0.25) is 23.4 Å². The number of unbranched alkanes of at least 4 members (excludes halogenated alkanes) is 20. The molecule has 0 heterocycles. The van der Waals surface area contributed by atoms with Crippen molar-refractivity contribution in [2.45, 2.75) is 180 Å². The molecular formula is C34H66NO10P. The van der Waals surface area contributed by atoms with E-state index >= 15 is 0 Å². The van der Waals surface area contributed by atoms with Crippen LogP contribution in [0.1, 0.15) is 168 Å². The van der Waals surface area contributed by atoms with Crippen LogP contribution in [0.3, 0.4) is 0 Å². The first-order chi connectivity index (χ1) is 22.1. The van der Waals surface area contributed by atoms with E-state index in [0.717, 1.165) is 38.5 Å². The van der Waals surface area contributed by atoms with E-state index in [2.05, 4.69) is 18.4 Å². The second-order valence-electron chi connectivity index (χ2n) is 12.4. The molecule has 0 saturated carbocycles. The highest BCUT2D eigenvalue weighted by molar-refractivity contribution is 7.47. The van der Waals surface area contributed by atoms with Gasteiger partial charge in [0.2, 0.25) is 0 Å². The van der Waals surface area contributed by atoms with E-state index in [9.17, 15) is 23.8 Å². The third-order valence-electron chi connectivity index (χ3n) is 7.86. The van der Waals surface area contributed by atoms with Gasteiger partial charge in [-0.15, -0.1) is 0 Å². The van der Waals surface area contributed by atoms with E-state index in [0.29, 0.717) is 12.8 Å². The van der Waals surface area contributed by atoms with Crippen LogP contribution in [0.4, 0.5) is 0 Å². The summed E-state index contributed by atoms with van der Waals surface area (Å²) in [6.07, 6.45) is 24.6. The van der Waals surface area contributed by atoms with Gasteiger partial charge in [0, 0.05) is 12.8 Å². The number of esters is 2. The number of hydrogen-bond acceptors (Lipinski definition) is 9. The lowest BCUT2D eigenvalue weighted by Crippen LogP contribution is -2.34. The molecule has 0 fully saturated rings. The Balaban J connectivity index is 4.46. The Hall–Kier alpha value is -1.52. The van der Waals surface area contributed by atoms with Crippen LogP contribution in [0.2, 0.25) is 0 Å². The van der Waals surface area contributed by atoms with Crippen LogP contribution in [0.25, 0.3) is 0 Å². The van der Waals surface area contributed by atoms with E-state index in [1.165, 1.54) is 89.9 Å². The van der Waals surface area contributed by atoms with Crippen molar-refractivity contribution in [1.29, 1.82) is 0 Å². The summed E-state index contributed by atoms with van der Waals surface area (Å²) in [5.41, 5.74) is 5.30. The molecule has 0 aliphatic carbocycles. The van der Waals surface area contributed by atoms with Crippen LogP contribution in [-0.2, 0) is 37.5 Å². The summed E-state index contributed by atoms with van der Waals surface area (Å²) in [5, 5.41) is 8.83. The second kappa shape index (κ2) is 30.8. The van der Waals surface area contributed by atoms with Gasteiger partial charge >= 0.3 is 25.7 Å². The summed E-state index contributed by atoms with van der Waals surface area (Å²) in [4.78, 5) is 45.6. The number of phosphoric ester groups is 1. The number of nitrogens with two attached hydrogens (primary N) is 1. The first kappa shape index (κ1) is 44.5. The molecule has 4 N–H and O–H groups in total. The van der Waals surface area contributed by atoms with Crippen LogP contribution in [-0.4, -0.2) is 59.9 Å². The quantitative estimate of drug-likeness (QED) is 0.0339. The number of aliphatic carboxylic acids is 1. The van der Waals surface area contributed by atoms with Gasteiger partial charge < -0.3 is 25.2 Å². The number of carboxylic acids is 1. The smallest absolute Gasteiger partial charge is 0.472 e. The maximum atomic E-state index is 12.5. The first-order valence-corrected chi connectivity index (χ1v) is 19.6. The molecule has 0 spiro atoms. The highest BCUT2D eigenvalue weighted by atomic mass is 31.2. The fourth-order valence-corrected chi connectivity index (χ4v) is 5.72. The first-order valence-electron chi connectivity index (χ1n) is 18.1. The van der Waals surface area contributed by atoms with Gasteiger partial charge in [-0.05, 0) is 12.8 Å². The largest absolute Gasteiger partial charge is 0.480 e. The van der Waals surface area contributed by atoms with Crippen molar-refractivity contribution in [3.8, 4) is 0 Å². The van der Waals surface area contributed by atoms with Crippen molar-refractivity contribution >= 4 is 25.7 Å². The van der Waals surface area contributed by atoms with Gasteiger partial charge in [-0.2, -0.15) is 0 Å². The number of carboxylic acid groups (broad SMARTS) is 1. The van der Waals surface area contributed by atoms with Crippen molar-refractivity contribution in [2.24, 2.45) is 5.73 Å². The predicted octanol–water partition coefficient (Wildman–Crippen LogP) is 8.39. The number of carbonyl (C=O) groups is 3. The van der Waals surface area contributed by atoms with Crippen LogP contribution in [0.15, 0.2) is 0 Å². The number of ether oxygens (including phenoxy) is 2. The standard InChI is InChI=1S/C34H66NO10P/c1-3-5-7-9-11-13-15-17-19-21-23-25-32(36)42-27-30(28-43-46(40,41)44-29-31(35)34(38)39)45-33(37)26-24-22-20-18-16-14-12-10-8-6-4-2/h30-31H,3-29,35H2,1-2H3,(H,38,39)(H,40,41)/t30?,31-/m1/s1. The van der Waals surface area contributed by atoms with Crippen LogP contribution < -0.4 is 5.73 Å². The number of carbonyl (C=O) groups excluding carboxylic acids is 2. The lowest BCUT2D eigenvalue weighted by molar-refractivity contribution is -0.161. The molecule has 0 rings (SSSR count). The lowest BCUT2D eigenvalue weighted by atomic mass is 10.1. The lowest BCUT2D eigenvalue weighted by Gasteiger charge is -2.20. The maximum absolute atomic E-state index is 12.5. The molecule has 46 heavy (non-hydrogen) atoms. The van der Waals surface area contributed by atoms with Crippen molar-refractivity contribution in [1.82, 2.24) is 0 Å². The summed E-state index contributed by atoms with van der Waals surface area (Å²) >= 11 is 0. The van der Waals surface area contributed by atoms with Crippen molar-refractivity contribution < 1.29 is 47.5 Å². The Labute approximate surface area is 278 Å². The van der Waals surface area contributed by atoms with Crippen LogP contribution in [0.5, 0.6) is 0 Å². The zero-order chi connectivity index (χ0) is 34.3. The fraction of sp³-hybridized carbons (Fsp3) is 0.912. The summed E-state index contributed by atoms with van der Waals surface area (Å²) in [6, 6.07) is -1.51. The zero-order valence-electron chi connectivity index (χ0n) is 28.9. The molecule has 0 aromatic rings. The van der Waals surface area contributed by atoms with Gasteiger partial charge in [0.05, 0.1) is 13.2 Å². The highest BCUT2D eigenvalue weighted by Crippen LogP contribution is 2.43. The molecule has 0 aliphatic rings. The van der Waals surface area contributed by atoms with Gasteiger partial charge in [0.25, 0.3) is 0 Å². The fourth-order valence-electron chi connectivity index (χ4n) is 4.95. The third-order valence-corrected chi connectivity index (χ3v) is 8.81. The van der Waals surface area contributed by atoms with Gasteiger partial charge in [0.1, 0.15) is 12.6 Å². The average molecular weight is 680 g/mol. The number of phosphoric acid groups is 1. The monoisotopic (exact) mass is 679 g/mol. The zero-order valence-corrected chi connectivity index (χ0v) is 29.8. The molecule has 0 aliphatic heterocycles.